The van der Waals surface area contributed by atoms with Gasteiger partial charge in [-0.3, -0.25) is 9.78 Å². The number of phenols is 1. The van der Waals surface area contributed by atoms with E-state index in [1.807, 2.05) is 0 Å². The molecule has 0 radical (unpaired) electrons. The van der Waals surface area contributed by atoms with E-state index >= 15 is 0 Å². The predicted molar refractivity (Wildman–Crippen MR) is 65.2 cm³/mol. The third-order valence-corrected chi connectivity index (χ3v) is 2.48. The van der Waals surface area contributed by atoms with Gasteiger partial charge in [0.05, 0.1) is 11.8 Å². The van der Waals surface area contributed by atoms with Gasteiger partial charge in [0.25, 0.3) is 5.91 Å². The molecule has 1 aromatic heterocycles. The molecule has 18 heavy (non-hydrogen) atoms. The minimum atomic E-state index is -0.418. The highest BCUT2D eigenvalue weighted by Gasteiger charge is 2.10. The van der Waals surface area contributed by atoms with Crippen molar-refractivity contribution in [2.45, 2.75) is 6.54 Å². The lowest BCUT2D eigenvalue weighted by Gasteiger charge is -2.07. The largest absolute Gasteiger partial charge is 0.508 e. The first kappa shape index (κ1) is 11.9. The molecule has 5 heteroatoms. The number of aromatic nitrogens is 1. The summed E-state index contributed by atoms with van der Waals surface area (Å²) in [5.74, 6) is -0.470. The number of carbonyl (C=O) groups excluding carboxylic acids is 1. The molecule has 92 valence electrons. The molecule has 3 N–H and O–H groups in total. The predicted octanol–water partition coefficient (Wildman–Crippen LogP) is 1.42. The minimum Gasteiger partial charge on any atom is -0.508 e. The molecule has 0 saturated carbocycles. The fourth-order valence-electron chi connectivity index (χ4n) is 1.51. The van der Waals surface area contributed by atoms with Crippen LogP contribution in [0, 0.1) is 0 Å². The van der Waals surface area contributed by atoms with Crippen LogP contribution in [0.1, 0.15) is 15.9 Å². The molecular weight excluding hydrogens is 232 g/mol. The molecule has 0 aliphatic carbocycles. The molecular formula is C13H12N2O3. The van der Waals surface area contributed by atoms with E-state index in [1.165, 1.54) is 18.5 Å². The van der Waals surface area contributed by atoms with Crippen LogP contribution < -0.4 is 5.32 Å². The number of hydrogen-bond acceptors (Lipinski definition) is 4. The number of carbonyl (C=O) groups is 1. The van der Waals surface area contributed by atoms with Gasteiger partial charge in [-0.2, -0.15) is 0 Å². The summed E-state index contributed by atoms with van der Waals surface area (Å²) in [6.45, 7) is 0.188. The van der Waals surface area contributed by atoms with E-state index < -0.39 is 5.91 Å². The topological polar surface area (TPSA) is 82.5 Å². The first-order chi connectivity index (χ1) is 8.68. The molecule has 0 aliphatic rings. The zero-order chi connectivity index (χ0) is 13.0. The number of amides is 1. The van der Waals surface area contributed by atoms with E-state index in [9.17, 15) is 15.0 Å². The van der Waals surface area contributed by atoms with Gasteiger partial charge >= 0.3 is 0 Å². The summed E-state index contributed by atoms with van der Waals surface area (Å²) in [4.78, 5) is 15.5. The van der Waals surface area contributed by atoms with Crippen LogP contribution in [0.4, 0.5) is 0 Å². The van der Waals surface area contributed by atoms with Gasteiger partial charge in [-0.05, 0) is 12.1 Å². The van der Waals surface area contributed by atoms with Crippen LogP contribution >= 0.6 is 0 Å². The highest BCUT2D eigenvalue weighted by molar-refractivity contribution is 5.96. The maximum absolute atomic E-state index is 11.8. The van der Waals surface area contributed by atoms with Crippen molar-refractivity contribution in [1.82, 2.24) is 10.3 Å². The van der Waals surface area contributed by atoms with Crippen molar-refractivity contribution in [3.8, 4) is 11.5 Å². The van der Waals surface area contributed by atoms with Crippen molar-refractivity contribution in [2.75, 3.05) is 0 Å². The molecule has 0 aliphatic heterocycles. The molecule has 1 heterocycles. The lowest BCUT2D eigenvalue weighted by molar-refractivity contribution is 0.0948. The van der Waals surface area contributed by atoms with Crippen LogP contribution in [0.5, 0.6) is 11.5 Å². The van der Waals surface area contributed by atoms with Crippen molar-refractivity contribution in [2.24, 2.45) is 0 Å². The number of nitrogens with zero attached hydrogens (tertiary/aromatic N) is 1. The Morgan fingerprint density at radius 1 is 1.17 bits per heavy atom. The van der Waals surface area contributed by atoms with Gasteiger partial charge in [-0.25, -0.2) is 0 Å². The van der Waals surface area contributed by atoms with Crippen molar-refractivity contribution < 1.29 is 15.0 Å². The molecule has 0 fully saturated rings. The Bertz CT molecular complexity index is 570. The Labute approximate surface area is 104 Å². The zero-order valence-corrected chi connectivity index (χ0v) is 9.50. The van der Waals surface area contributed by atoms with E-state index in [0.717, 1.165) is 0 Å². The molecule has 0 atom stereocenters. The van der Waals surface area contributed by atoms with Gasteiger partial charge in [0, 0.05) is 18.3 Å². The number of para-hydroxylation sites is 1. The Morgan fingerprint density at radius 3 is 2.67 bits per heavy atom. The molecule has 1 aromatic carbocycles. The van der Waals surface area contributed by atoms with Crippen LogP contribution in [-0.4, -0.2) is 21.1 Å². The second-order valence-corrected chi connectivity index (χ2v) is 3.70. The number of nitrogens with one attached hydrogen (secondary N) is 1. The molecule has 2 rings (SSSR count). The fourth-order valence-corrected chi connectivity index (χ4v) is 1.51. The van der Waals surface area contributed by atoms with Gasteiger partial charge < -0.3 is 15.5 Å². The summed E-state index contributed by atoms with van der Waals surface area (Å²) in [7, 11) is 0. The third kappa shape index (κ3) is 2.57. The summed E-state index contributed by atoms with van der Waals surface area (Å²) in [6, 6.07) is 8.16. The molecule has 0 unspecified atom stereocenters. The van der Waals surface area contributed by atoms with E-state index in [1.54, 1.807) is 24.3 Å². The average Bonchev–Trinajstić information content (AvgIpc) is 2.38. The maximum Gasteiger partial charge on any atom is 0.255 e. The van der Waals surface area contributed by atoms with Crippen molar-refractivity contribution in [3.05, 3.63) is 53.9 Å². The smallest absolute Gasteiger partial charge is 0.255 e. The van der Waals surface area contributed by atoms with E-state index in [-0.39, 0.29) is 23.6 Å². The van der Waals surface area contributed by atoms with Gasteiger partial charge in [0.2, 0.25) is 0 Å². The standard InChI is InChI=1S/C13H12N2O3/c16-11-4-2-1-3-9(11)7-15-13(18)10-5-6-14-8-12(10)17/h1-6,8,16-17H,7H2,(H,15,18). The number of benzene rings is 1. The summed E-state index contributed by atoms with van der Waals surface area (Å²) in [6.07, 6.45) is 2.63. The van der Waals surface area contributed by atoms with Crippen molar-refractivity contribution in [1.29, 1.82) is 0 Å². The quantitative estimate of drug-likeness (QED) is 0.762. The summed E-state index contributed by atoms with van der Waals surface area (Å²) in [5, 5.41) is 21.6. The Balaban J connectivity index is 2.06. The molecule has 0 saturated heterocycles. The highest BCUT2D eigenvalue weighted by atomic mass is 16.3. The van der Waals surface area contributed by atoms with Crippen LogP contribution in [0.25, 0.3) is 0 Å². The minimum absolute atomic E-state index is 0.122. The Hall–Kier alpha value is -2.56. The molecule has 5 nitrogen and oxygen atoms in total. The van der Waals surface area contributed by atoms with Crippen LogP contribution in [0.2, 0.25) is 0 Å². The van der Waals surface area contributed by atoms with Gasteiger partial charge in [-0.1, -0.05) is 18.2 Å². The fraction of sp³-hybridized carbons (Fsp3) is 0.0769. The van der Waals surface area contributed by atoms with E-state index in [4.69, 9.17) is 0 Å². The second kappa shape index (κ2) is 5.18. The molecule has 1 amide bonds. The summed E-state index contributed by atoms with van der Waals surface area (Å²) in [5.41, 5.74) is 0.764. The van der Waals surface area contributed by atoms with Gasteiger partial charge in [0.1, 0.15) is 11.5 Å². The zero-order valence-electron chi connectivity index (χ0n) is 9.50. The van der Waals surface area contributed by atoms with Crippen molar-refractivity contribution >= 4 is 5.91 Å². The number of hydrogen-bond donors (Lipinski definition) is 3. The molecule has 2 aromatic rings. The summed E-state index contributed by atoms with van der Waals surface area (Å²) >= 11 is 0. The van der Waals surface area contributed by atoms with E-state index in [2.05, 4.69) is 10.3 Å². The van der Waals surface area contributed by atoms with Gasteiger partial charge in [0.15, 0.2) is 0 Å². The normalized spacial score (nSPS) is 10.0. The van der Waals surface area contributed by atoms with Crippen molar-refractivity contribution in [3.63, 3.8) is 0 Å². The van der Waals surface area contributed by atoms with Crippen LogP contribution in [0.15, 0.2) is 42.7 Å². The van der Waals surface area contributed by atoms with Gasteiger partial charge in [-0.15, -0.1) is 0 Å². The van der Waals surface area contributed by atoms with Crippen LogP contribution in [0.3, 0.4) is 0 Å². The number of phenolic OH excluding ortho intramolecular Hbond substituents is 1. The summed E-state index contributed by atoms with van der Waals surface area (Å²) < 4.78 is 0. The SMILES string of the molecule is O=C(NCc1ccccc1O)c1ccncc1O. The van der Waals surface area contributed by atoms with Crippen LogP contribution in [-0.2, 0) is 6.54 Å². The second-order valence-electron chi connectivity index (χ2n) is 3.70. The lowest BCUT2D eigenvalue weighted by atomic mass is 10.2. The maximum atomic E-state index is 11.8. The lowest BCUT2D eigenvalue weighted by Crippen LogP contribution is -2.22. The highest BCUT2D eigenvalue weighted by Crippen LogP contribution is 2.16. The first-order valence-electron chi connectivity index (χ1n) is 5.36. The third-order valence-electron chi connectivity index (χ3n) is 2.48. The van der Waals surface area contributed by atoms with E-state index in [0.29, 0.717) is 5.56 Å². The number of rotatable bonds is 3. The molecule has 0 bridgehead atoms. The Kier molecular flexibility index (Phi) is 3.43. The monoisotopic (exact) mass is 244 g/mol. The first-order valence-corrected chi connectivity index (χ1v) is 5.36. The average molecular weight is 244 g/mol. The molecule has 0 spiro atoms. The number of pyridine rings is 1. The Morgan fingerprint density at radius 2 is 1.94 bits per heavy atom. The number of aromatic hydroxyl groups is 2.